The molecule has 2 heterocycles. The summed E-state index contributed by atoms with van der Waals surface area (Å²) < 4.78 is 1.74. The van der Waals surface area contributed by atoms with Crippen LogP contribution in [0, 0.1) is 0 Å². The Bertz CT molecular complexity index is 1050. The van der Waals surface area contributed by atoms with E-state index < -0.39 is 0 Å². The number of hydrogen-bond donors (Lipinski definition) is 1. The number of imidazole rings is 1. The summed E-state index contributed by atoms with van der Waals surface area (Å²) in [6.07, 6.45) is 0. The fourth-order valence-electron chi connectivity index (χ4n) is 2.68. The third-order valence-corrected chi connectivity index (χ3v) is 3.99. The molecule has 2 aromatic heterocycles. The van der Waals surface area contributed by atoms with Gasteiger partial charge >= 0.3 is 0 Å². The van der Waals surface area contributed by atoms with Crippen LogP contribution in [0.1, 0.15) is 0 Å². The van der Waals surface area contributed by atoms with Gasteiger partial charge in [-0.3, -0.25) is 4.79 Å². The lowest BCUT2D eigenvalue weighted by atomic mass is 10.1. The largest absolute Gasteiger partial charge is 0.354 e. The van der Waals surface area contributed by atoms with E-state index in [4.69, 9.17) is 11.6 Å². The molecule has 0 radical (unpaired) electrons. The third-order valence-electron chi connectivity index (χ3n) is 3.65. The van der Waals surface area contributed by atoms with Gasteiger partial charge in [-0.15, -0.1) is 0 Å². The van der Waals surface area contributed by atoms with Gasteiger partial charge in [-0.25, -0.2) is 4.98 Å². The molecule has 0 aliphatic carbocycles. The Morgan fingerprint density at radius 3 is 2.80 bits per heavy atom. The zero-order valence-corrected chi connectivity index (χ0v) is 11.4. The zero-order valence-electron chi connectivity index (χ0n) is 10.6. The number of nitrogens with one attached hydrogen (secondary N) is 1. The molecule has 0 unspecified atom stereocenters. The van der Waals surface area contributed by atoms with Gasteiger partial charge in [0, 0.05) is 18.0 Å². The van der Waals surface area contributed by atoms with Crippen LogP contribution in [-0.2, 0) is 7.05 Å². The number of aryl methyl sites for hydroxylation is 1. The summed E-state index contributed by atoms with van der Waals surface area (Å²) in [5.74, 6) is 0. The molecule has 0 bridgehead atoms. The standard InChI is InChI=1S/C15H10ClN3O/c1-19-13-11(18-15(19)16)7-6-10-12(13)14(20)8-4-2-3-5-9(8)17-10/h2-7H,1H3,(H,17,20). The minimum absolute atomic E-state index is 0.000355. The van der Waals surface area contributed by atoms with Gasteiger partial charge in [-0.1, -0.05) is 12.1 Å². The Labute approximate surface area is 118 Å². The van der Waals surface area contributed by atoms with Gasteiger partial charge in [0.05, 0.1) is 21.9 Å². The monoisotopic (exact) mass is 283 g/mol. The summed E-state index contributed by atoms with van der Waals surface area (Å²) in [4.78, 5) is 20.3. The average molecular weight is 284 g/mol. The van der Waals surface area contributed by atoms with Crippen molar-refractivity contribution in [3.8, 4) is 0 Å². The first-order valence-corrected chi connectivity index (χ1v) is 6.60. The molecule has 0 saturated carbocycles. The van der Waals surface area contributed by atoms with Crippen LogP contribution in [0.3, 0.4) is 0 Å². The Balaban J connectivity index is 2.38. The molecule has 0 aliphatic rings. The summed E-state index contributed by atoms with van der Waals surface area (Å²) in [6.45, 7) is 0. The van der Waals surface area contributed by atoms with Crippen LogP contribution in [0.15, 0.2) is 41.2 Å². The van der Waals surface area contributed by atoms with Crippen molar-refractivity contribution in [2.75, 3.05) is 0 Å². The van der Waals surface area contributed by atoms with Crippen LogP contribution >= 0.6 is 11.6 Å². The van der Waals surface area contributed by atoms with Crippen LogP contribution in [0.5, 0.6) is 0 Å². The molecule has 4 rings (SSSR count). The lowest BCUT2D eigenvalue weighted by Gasteiger charge is -2.04. The smallest absolute Gasteiger partial charge is 0.203 e. The second kappa shape index (κ2) is 3.84. The first-order chi connectivity index (χ1) is 9.66. The van der Waals surface area contributed by atoms with Gasteiger partial charge in [-0.05, 0) is 35.9 Å². The van der Waals surface area contributed by atoms with Crippen LogP contribution in [0.2, 0.25) is 5.28 Å². The normalized spacial score (nSPS) is 11.7. The highest BCUT2D eigenvalue weighted by molar-refractivity contribution is 6.29. The van der Waals surface area contributed by atoms with Crippen LogP contribution < -0.4 is 5.43 Å². The van der Waals surface area contributed by atoms with E-state index in [0.29, 0.717) is 16.1 Å². The second-order valence-electron chi connectivity index (χ2n) is 4.80. The minimum Gasteiger partial charge on any atom is -0.354 e. The molecule has 0 saturated heterocycles. The highest BCUT2D eigenvalue weighted by atomic mass is 35.5. The van der Waals surface area contributed by atoms with E-state index in [1.165, 1.54) is 0 Å². The maximum absolute atomic E-state index is 12.8. The van der Waals surface area contributed by atoms with Gasteiger partial charge < -0.3 is 9.55 Å². The van der Waals surface area contributed by atoms with Crippen LogP contribution in [0.4, 0.5) is 0 Å². The van der Waals surface area contributed by atoms with Crippen molar-refractivity contribution < 1.29 is 0 Å². The predicted molar refractivity (Wildman–Crippen MR) is 81.4 cm³/mol. The lowest BCUT2D eigenvalue weighted by molar-refractivity contribution is 0.951. The van der Waals surface area contributed by atoms with E-state index in [9.17, 15) is 4.79 Å². The number of rotatable bonds is 0. The lowest BCUT2D eigenvalue weighted by Crippen LogP contribution is -2.06. The molecular formula is C15H10ClN3O. The van der Waals surface area contributed by atoms with E-state index in [2.05, 4.69) is 9.97 Å². The van der Waals surface area contributed by atoms with Crippen molar-refractivity contribution in [1.82, 2.24) is 14.5 Å². The van der Waals surface area contributed by atoms with Crippen molar-refractivity contribution in [3.63, 3.8) is 0 Å². The Morgan fingerprint density at radius 1 is 1.15 bits per heavy atom. The first kappa shape index (κ1) is 11.5. The average Bonchev–Trinajstić information content (AvgIpc) is 2.75. The number of H-pyrrole nitrogens is 1. The van der Waals surface area contributed by atoms with E-state index in [-0.39, 0.29) is 5.43 Å². The molecule has 1 N–H and O–H groups in total. The first-order valence-electron chi connectivity index (χ1n) is 6.22. The fourth-order valence-corrected chi connectivity index (χ4v) is 2.86. The number of hydrogen-bond acceptors (Lipinski definition) is 2. The molecule has 0 atom stereocenters. The molecule has 4 nitrogen and oxygen atoms in total. The molecule has 98 valence electrons. The molecule has 4 aromatic rings. The highest BCUT2D eigenvalue weighted by Gasteiger charge is 2.13. The maximum Gasteiger partial charge on any atom is 0.203 e. The van der Waals surface area contributed by atoms with Gasteiger partial charge in [0.25, 0.3) is 0 Å². The molecule has 2 aromatic carbocycles. The molecule has 5 heteroatoms. The SMILES string of the molecule is Cn1c(Cl)nc2ccc3[nH]c4ccccc4c(=O)c3c21. The third kappa shape index (κ3) is 1.37. The Kier molecular flexibility index (Phi) is 2.20. The second-order valence-corrected chi connectivity index (χ2v) is 5.13. The van der Waals surface area contributed by atoms with Crippen LogP contribution in [0.25, 0.3) is 32.8 Å². The Hall–Kier alpha value is -2.33. The molecule has 20 heavy (non-hydrogen) atoms. The summed E-state index contributed by atoms with van der Waals surface area (Å²) >= 11 is 6.06. The van der Waals surface area contributed by atoms with E-state index in [1.54, 1.807) is 4.57 Å². The summed E-state index contributed by atoms with van der Waals surface area (Å²) in [7, 11) is 1.81. The van der Waals surface area contributed by atoms with E-state index in [0.717, 1.165) is 22.1 Å². The number of nitrogens with zero attached hydrogens (tertiary/aromatic N) is 2. The summed E-state index contributed by atoms with van der Waals surface area (Å²) in [5, 5.41) is 1.67. The predicted octanol–water partition coefficient (Wildman–Crippen LogP) is 3.22. The quantitative estimate of drug-likeness (QED) is 0.504. The minimum atomic E-state index is -0.000355. The number of aromatic amines is 1. The van der Waals surface area contributed by atoms with Gasteiger partial charge in [0.15, 0.2) is 5.43 Å². The number of para-hydroxylation sites is 1. The molecular weight excluding hydrogens is 274 g/mol. The highest BCUT2D eigenvalue weighted by Crippen LogP contribution is 2.25. The molecule has 0 spiro atoms. The van der Waals surface area contributed by atoms with Crippen molar-refractivity contribution in [2.24, 2.45) is 7.05 Å². The molecule has 0 amide bonds. The van der Waals surface area contributed by atoms with Gasteiger partial charge in [-0.2, -0.15) is 0 Å². The fraction of sp³-hybridized carbons (Fsp3) is 0.0667. The number of halogens is 1. The van der Waals surface area contributed by atoms with Crippen molar-refractivity contribution >= 4 is 44.4 Å². The van der Waals surface area contributed by atoms with Crippen molar-refractivity contribution in [3.05, 3.63) is 51.9 Å². The summed E-state index contributed by atoms with van der Waals surface area (Å²) in [6, 6.07) is 11.2. The van der Waals surface area contributed by atoms with Gasteiger partial charge in [0.1, 0.15) is 0 Å². The number of fused-ring (bicyclic) bond motifs is 4. The van der Waals surface area contributed by atoms with E-state index in [1.807, 2.05) is 43.4 Å². The number of aromatic nitrogens is 3. The van der Waals surface area contributed by atoms with Crippen molar-refractivity contribution in [1.29, 1.82) is 0 Å². The van der Waals surface area contributed by atoms with Crippen molar-refractivity contribution in [2.45, 2.75) is 0 Å². The molecule has 0 aliphatic heterocycles. The van der Waals surface area contributed by atoms with Crippen LogP contribution in [-0.4, -0.2) is 14.5 Å². The van der Waals surface area contributed by atoms with E-state index >= 15 is 0 Å². The zero-order chi connectivity index (χ0) is 13.9. The maximum atomic E-state index is 12.8. The topological polar surface area (TPSA) is 50.7 Å². The van der Waals surface area contributed by atoms with Gasteiger partial charge in [0.2, 0.25) is 5.28 Å². The number of benzene rings is 2. The summed E-state index contributed by atoms with van der Waals surface area (Å²) in [5.41, 5.74) is 3.11. The Morgan fingerprint density at radius 2 is 1.95 bits per heavy atom. The number of pyridine rings is 1. The molecule has 0 fully saturated rings.